The normalized spacial score (nSPS) is 15.6. The Morgan fingerprint density at radius 1 is 1.15 bits per heavy atom. The number of aromatic nitrogens is 1. The highest BCUT2D eigenvalue weighted by molar-refractivity contribution is 5.63. The number of rotatable bonds is 5. The zero-order valence-electron chi connectivity index (χ0n) is 14.4. The Kier molecular flexibility index (Phi) is 4.82. The number of hydrogen-bond acceptors (Lipinski definition) is 4. The molecule has 4 rings (SSSR count). The van der Waals surface area contributed by atoms with Crippen LogP contribution >= 0.6 is 0 Å². The van der Waals surface area contributed by atoms with Crippen LogP contribution in [0.15, 0.2) is 59.1 Å². The quantitative estimate of drug-likeness (QED) is 0.755. The highest BCUT2D eigenvalue weighted by Gasteiger charge is 2.25. The van der Waals surface area contributed by atoms with E-state index in [-0.39, 0.29) is 5.82 Å². The Morgan fingerprint density at radius 3 is 2.81 bits per heavy atom. The molecule has 1 aliphatic heterocycles. The van der Waals surface area contributed by atoms with Crippen molar-refractivity contribution >= 4 is 0 Å². The standard InChI is InChI=1S/C21H21FN2O2/c22-17-8-4-7-16(13-17)21-18-14-24(12-10-20(18)26-23-21)11-9-19(25)15-5-2-1-3-6-15/h1-8,13,19,25H,9-12,14H2/t19-/m1/s1. The predicted molar refractivity (Wildman–Crippen MR) is 96.9 cm³/mol. The van der Waals surface area contributed by atoms with E-state index in [2.05, 4.69) is 10.1 Å². The second kappa shape index (κ2) is 7.40. The molecular formula is C21H21FN2O2. The Hall–Kier alpha value is -2.50. The second-order valence-corrected chi connectivity index (χ2v) is 6.68. The molecule has 1 atom stereocenters. The average molecular weight is 352 g/mol. The van der Waals surface area contributed by atoms with Crippen molar-refractivity contribution in [1.82, 2.24) is 10.1 Å². The maximum atomic E-state index is 13.5. The number of nitrogens with zero attached hydrogens (tertiary/aromatic N) is 2. The zero-order valence-corrected chi connectivity index (χ0v) is 14.4. The molecule has 1 aliphatic rings. The summed E-state index contributed by atoms with van der Waals surface area (Å²) < 4.78 is 19.0. The van der Waals surface area contributed by atoms with Gasteiger partial charge in [0.15, 0.2) is 0 Å². The lowest BCUT2D eigenvalue weighted by molar-refractivity contribution is 0.135. The molecule has 2 aromatic carbocycles. The van der Waals surface area contributed by atoms with Gasteiger partial charge in [-0.05, 0) is 24.1 Å². The Morgan fingerprint density at radius 2 is 2.00 bits per heavy atom. The number of benzene rings is 2. The Labute approximate surface area is 151 Å². The lowest BCUT2D eigenvalue weighted by Crippen LogP contribution is -2.31. The molecule has 0 bridgehead atoms. The molecule has 2 heterocycles. The molecule has 1 aromatic heterocycles. The first-order valence-corrected chi connectivity index (χ1v) is 8.89. The number of halogens is 1. The fourth-order valence-electron chi connectivity index (χ4n) is 3.47. The van der Waals surface area contributed by atoms with E-state index in [4.69, 9.17) is 4.52 Å². The monoisotopic (exact) mass is 352 g/mol. The minimum absolute atomic E-state index is 0.280. The maximum absolute atomic E-state index is 13.5. The van der Waals surface area contributed by atoms with Crippen LogP contribution in [0.4, 0.5) is 4.39 Å². The molecule has 0 amide bonds. The van der Waals surface area contributed by atoms with Gasteiger partial charge in [0, 0.05) is 37.2 Å². The number of aliphatic hydroxyl groups is 1. The van der Waals surface area contributed by atoms with Crippen LogP contribution in [0.2, 0.25) is 0 Å². The van der Waals surface area contributed by atoms with E-state index in [9.17, 15) is 9.50 Å². The summed E-state index contributed by atoms with van der Waals surface area (Å²) in [6.45, 7) is 2.35. The third-order valence-electron chi connectivity index (χ3n) is 4.91. The minimum Gasteiger partial charge on any atom is -0.388 e. The van der Waals surface area contributed by atoms with Crippen molar-refractivity contribution in [3.05, 3.63) is 77.3 Å². The van der Waals surface area contributed by atoms with Gasteiger partial charge in [-0.1, -0.05) is 47.6 Å². The maximum Gasteiger partial charge on any atom is 0.143 e. The summed E-state index contributed by atoms with van der Waals surface area (Å²) in [5, 5.41) is 14.5. The molecular weight excluding hydrogens is 331 g/mol. The van der Waals surface area contributed by atoms with Gasteiger partial charge in [0.25, 0.3) is 0 Å². The van der Waals surface area contributed by atoms with Crippen LogP contribution in [-0.2, 0) is 13.0 Å². The van der Waals surface area contributed by atoms with Crippen LogP contribution < -0.4 is 0 Å². The molecule has 1 N–H and O–H groups in total. The SMILES string of the molecule is O[C@H](CCN1CCc2onc(-c3cccc(F)c3)c2C1)c1ccccc1. The van der Waals surface area contributed by atoms with E-state index in [0.29, 0.717) is 18.7 Å². The van der Waals surface area contributed by atoms with Crippen LogP contribution in [0.25, 0.3) is 11.3 Å². The first kappa shape index (κ1) is 16.9. The average Bonchev–Trinajstić information content (AvgIpc) is 3.10. The van der Waals surface area contributed by atoms with Crippen LogP contribution in [0.1, 0.15) is 29.4 Å². The molecule has 0 spiro atoms. The van der Waals surface area contributed by atoms with Crippen molar-refractivity contribution in [2.24, 2.45) is 0 Å². The van der Waals surface area contributed by atoms with E-state index < -0.39 is 6.10 Å². The largest absolute Gasteiger partial charge is 0.388 e. The number of aliphatic hydroxyl groups excluding tert-OH is 1. The molecule has 0 radical (unpaired) electrons. The summed E-state index contributed by atoms with van der Waals surface area (Å²) in [6, 6.07) is 16.2. The second-order valence-electron chi connectivity index (χ2n) is 6.68. The molecule has 0 fully saturated rings. The van der Waals surface area contributed by atoms with Crippen molar-refractivity contribution in [3.8, 4) is 11.3 Å². The third kappa shape index (κ3) is 3.54. The first-order chi connectivity index (χ1) is 12.7. The van der Waals surface area contributed by atoms with Crippen LogP contribution in [0, 0.1) is 5.82 Å². The first-order valence-electron chi connectivity index (χ1n) is 8.89. The van der Waals surface area contributed by atoms with Gasteiger partial charge in [-0.3, -0.25) is 4.90 Å². The summed E-state index contributed by atoms with van der Waals surface area (Å²) in [5.41, 5.74) is 3.42. The lowest BCUT2D eigenvalue weighted by atomic mass is 10.0. The molecule has 0 saturated heterocycles. The van der Waals surface area contributed by atoms with Crippen molar-refractivity contribution in [1.29, 1.82) is 0 Å². The van der Waals surface area contributed by atoms with Crippen LogP contribution in [0.3, 0.4) is 0 Å². The van der Waals surface area contributed by atoms with Gasteiger partial charge < -0.3 is 9.63 Å². The van der Waals surface area contributed by atoms with E-state index in [1.807, 2.05) is 36.4 Å². The van der Waals surface area contributed by atoms with Gasteiger partial charge in [0.2, 0.25) is 0 Å². The fraction of sp³-hybridized carbons (Fsp3) is 0.286. The van der Waals surface area contributed by atoms with Crippen LogP contribution in [-0.4, -0.2) is 28.3 Å². The minimum atomic E-state index is -0.470. The summed E-state index contributed by atoms with van der Waals surface area (Å²) >= 11 is 0. The predicted octanol–water partition coefficient (Wildman–Crippen LogP) is 3.96. The summed E-state index contributed by atoms with van der Waals surface area (Å²) in [6.07, 6.45) is 0.974. The molecule has 4 nitrogen and oxygen atoms in total. The molecule has 134 valence electrons. The summed E-state index contributed by atoms with van der Waals surface area (Å²) in [5.74, 6) is 0.599. The Bertz CT molecular complexity index is 879. The summed E-state index contributed by atoms with van der Waals surface area (Å²) in [7, 11) is 0. The van der Waals surface area contributed by atoms with Crippen molar-refractivity contribution in [3.63, 3.8) is 0 Å². The number of hydrogen-bond donors (Lipinski definition) is 1. The molecule has 0 saturated carbocycles. The topological polar surface area (TPSA) is 49.5 Å². The van der Waals surface area contributed by atoms with E-state index >= 15 is 0 Å². The third-order valence-corrected chi connectivity index (χ3v) is 4.91. The highest BCUT2D eigenvalue weighted by Crippen LogP contribution is 2.30. The summed E-state index contributed by atoms with van der Waals surface area (Å²) in [4.78, 5) is 2.29. The van der Waals surface area contributed by atoms with Crippen molar-refractivity contribution < 1.29 is 14.0 Å². The molecule has 3 aromatic rings. The van der Waals surface area contributed by atoms with Gasteiger partial charge >= 0.3 is 0 Å². The lowest BCUT2D eigenvalue weighted by Gasteiger charge is -2.27. The zero-order chi connectivity index (χ0) is 17.9. The van der Waals surface area contributed by atoms with Crippen molar-refractivity contribution in [2.45, 2.75) is 25.5 Å². The van der Waals surface area contributed by atoms with Crippen molar-refractivity contribution in [2.75, 3.05) is 13.1 Å². The van der Waals surface area contributed by atoms with Crippen LogP contribution in [0.5, 0.6) is 0 Å². The van der Waals surface area contributed by atoms with E-state index in [0.717, 1.165) is 42.0 Å². The van der Waals surface area contributed by atoms with Gasteiger partial charge in [-0.2, -0.15) is 0 Å². The smallest absolute Gasteiger partial charge is 0.143 e. The molecule has 5 heteroatoms. The van der Waals surface area contributed by atoms with Gasteiger partial charge in [-0.25, -0.2) is 4.39 Å². The molecule has 0 unspecified atom stereocenters. The van der Waals surface area contributed by atoms with Gasteiger partial charge in [-0.15, -0.1) is 0 Å². The molecule has 0 aliphatic carbocycles. The van der Waals surface area contributed by atoms with Gasteiger partial charge in [0.05, 0.1) is 6.10 Å². The molecule has 26 heavy (non-hydrogen) atoms. The Balaban J connectivity index is 1.45. The fourth-order valence-corrected chi connectivity index (χ4v) is 3.47. The van der Waals surface area contributed by atoms with Gasteiger partial charge in [0.1, 0.15) is 17.3 Å². The van der Waals surface area contributed by atoms with E-state index in [1.165, 1.54) is 12.1 Å². The van der Waals surface area contributed by atoms with E-state index in [1.54, 1.807) is 6.07 Å². The number of fused-ring (bicyclic) bond motifs is 1. The highest BCUT2D eigenvalue weighted by atomic mass is 19.1.